The minimum absolute atomic E-state index is 0.484. The lowest BCUT2D eigenvalue weighted by Gasteiger charge is -2.39. The number of ether oxygens (including phenoxy) is 3. The van der Waals surface area contributed by atoms with Crippen molar-refractivity contribution >= 4 is 5.96 Å². The molecule has 2 aliphatic heterocycles. The van der Waals surface area contributed by atoms with E-state index in [-0.39, 0.29) is 0 Å². The van der Waals surface area contributed by atoms with E-state index in [2.05, 4.69) is 44.9 Å². The molecule has 180 valence electrons. The van der Waals surface area contributed by atoms with Crippen molar-refractivity contribution in [2.45, 2.75) is 26.4 Å². The highest BCUT2D eigenvalue weighted by Gasteiger charge is 2.26. The van der Waals surface area contributed by atoms with Gasteiger partial charge in [-0.25, -0.2) is 0 Å². The summed E-state index contributed by atoms with van der Waals surface area (Å²) in [6, 6.07) is 6.48. The number of piperazine rings is 1. The molecule has 1 unspecified atom stereocenters. The maximum atomic E-state index is 5.55. The quantitative estimate of drug-likeness (QED) is 0.481. The molecule has 1 aromatic rings. The Balaban J connectivity index is 1.52. The number of aliphatic imine (C=N–C) groups is 1. The third-order valence-electron chi connectivity index (χ3n) is 6.52. The first-order valence-electron chi connectivity index (χ1n) is 11.8. The van der Waals surface area contributed by atoms with E-state index < -0.39 is 0 Å². The standard InChI is InChI=1S/C24H41N5O3/c1-19(2)22(28-12-14-32-15-13-28)17-26-24(25-3)29-10-8-27(9-11-29)18-20-16-21(30-4)6-7-23(20)31-5/h6-7,16,19,22H,8-15,17-18H2,1-5H3,(H,25,26). The summed E-state index contributed by atoms with van der Waals surface area (Å²) >= 11 is 0. The first-order chi connectivity index (χ1) is 15.5. The van der Waals surface area contributed by atoms with Crippen LogP contribution in [0.5, 0.6) is 11.5 Å². The highest BCUT2D eigenvalue weighted by Crippen LogP contribution is 2.25. The third-order valence-corrected chi connectivity index (χ3v) is 6.52. The van der Waals surface area contributed by atoms with E-state index in [1.54, 1.807) is 14.2 Å². The number of hydrogen-bond donors (Lipinski definition) is 1. The molecule has 1 aromatic carbocycles. The first-order valence-corrected chi connectivity index (χ1v) is 11.8. The summed E-state index contributed by atoms with van der Waals surface area (Å²) in [4.78, 5) is 12.0. The number of methoxy groups -OCH3 is 2. The SMILES string of the molecule is CN=C(NCC(C(C)C)N1CCOCC1)N1CCN(Cc2cc(OC)ccc2OC)CC1. The van der Waals surface area contributed by atoms with Crippen LogP contribution in [0.3, 0.4) is 0 Å². The van der Waals surface area contributed by atoms with Gasteiger partial charge in [-0.1, -0.05) is 13.8 Å². The number of nitrogens with zero attached hydrogens (tertiary/aromatic N) is 4. The van der Waals surface area contributed by atoms with Gasteiger partial charge in [0.25, 0.3) is 0 Å². The third kappa shape index (κ3) is 6.49. The molecule has 0 aromatic heterocycles. The van der Waals surface area contributed by atoms with Gasteiger partial charge in [-0.05, 0) is 24.1 Å². The Morgan fingerprint density at radius 3 is 2.38 bits per heavy atom. The van der Waals surface area contributed by atoms with Crippen molar-refractivity contribution in [3.05, 3.63) is 23.8 Å². The molecule has 0 bridgehead atoms. The Labute approximate surface area is 193 Å². The number of hydrogen-bond acceptors (Lipinski definition) is 6. The van der Waals surface area contributed by atoms with Crippen LogP contribution in [0.2, 0.25) is 0 Å². The monoisotopic (exact) mass is 447 g/mol. The minimum Gasteiger partial charge on any atom is -0.497 e. The predicted octanol–water partition coefficient (Wildman–Crippen LogP) is 1.75. The van der Waals surface area contributed by atoms with Gasteiger partial charge in [0.1, 0.15) is 11.5 Å². The van der Waals surface area contributed by atoms with Crippen molar-refractivity contribution < 1.29 is 14.2 Å². The lowest BCUT2D eigenvalue weighted by Crippen LogP contribution is -2.56. The average molecular weight is 448 g/mol. The van der Waals surface area contributed by atoms with E-state index >= 15 is 0 Å². The molecule has 2 heterocycles. The van der Waals surface area contributed by atoms with Crippen LogP contribution in [0.1, 0.15) is 19.4 Å². The van der Waals surface area contributed by atoms with E-state index in [0.717, 1.165) is 88.6 Å². The van der Waals surface area contributed by atoms with Crippen LogP contribution in [0, 0.1) is 5.92 Å². The molecule has 0 aliphatic carbocycles. The van der Waals surface area contributed by atoms with Gasteiger partial charge in [0.05, 0.1) is 27.4 Å². The predicted molar refractivity (Wildman–Crippen MR) is 129 cm³/mol. The van der Waals surface area contributed by atoms with Crippen LogP contribution in [0.25, 0.3) is 0 Å². The molecule has 8 heteroatoms. The summed E-state index contributed by atoms with van der Waals surface area (Å²) < 4.78 is 16.5. The maximum absolute atomic E-state index is 5.55. The number of benzene rings is 1. The summed E-state index contributed by atoms with van der Waals surface area (Å²) in [6.07, 6.45) is 0. The van der Waals surface area contributed by atoms with Crippen LogP contribution in [-0.4, -0.2) is 107 Å². The van der Waals surface area contributed by atoms with Gasteiger partial charge in [-0.2, -0.15) is 0 Å². The lowest BCUT2D eigenvalue weighted by atomic mass is 10.0. The molecule has 3 rings (SSSR count). The Morgan fingerprint density at radius 1 is 1.06 bits per heavy atom. The number of guanidine groups is 1. The zero-order valence-corrected chi connectivity index (χ0v) is 20.5. The average Bonchev–Trinajstić information content (AvgIpc) is 2.83. The van der Waals surface area contributed by atoms with Gasteiger partial charge in [-0.15, -0.1) is 0 Å². The molecule has 1 N–H and O–H groups in total. The van der Waals surface area contributed by atoms with E-state index in [4.69, 9.17) is 14.2 Å². The highest BCUT2D eigenvalue weighted by atomic mass is 16.5. The fraction of sp³-hybridized carbons (Fsp3) is 0.708. The molecular weight excluding hydrogens is 406 g/mol. The van der Waals surface area contributed by atoms with Gasteiger partial charge in [0, 0.05) is 71.0 Å². The van der Waals surface area contributed by atoms with Gasteiger partial charge >= 0.3 is 0 Å². The molecule has 0 spiro atoms. The van der Waals surface area contributed by atoms with Crippen molar-refractivity contribution in [2.24, 2.45) is 10.9 Å². The van der Waals surface area contributed by atoms with E-state index in [9.17, 15) is 0 Å². The first kappa shape index (κ1) is 24.6. The van der Waals surface area contributed by atoms with Gasteiger partial charge in [0.15, 0.2) is 5.96 Å². The zero-order valence-electron chi connectivity index (χ0n) is 20.5. The van der Waals surface area contributed by atoms with Crippen LogP contribution < -0.4 is 14.8 Å². The van der Waals surface area contributed by atoms with Gasteiger partial charge < -0.3 is 24.4 Å². The normalized spacial score (nSPS) is 19.8. The second-order valence-electron chi connectivity index (χ2n) is 8.83. The topological polar surface area (TPSA) is 61.8 Å². The highest BCUT2D eigenvalue weighted by molar-refractivity contribution is 5.80. The fourth-order valence-corrected chi connectivity index (χ4v) is 4.59. The maximum Gasteiger partial charge on any atom is 0.193 e. The van der Waals surface area contributed by atoms with E-state index in [1.807, 2.05) is 19.2 Å². The van der Waals surface area contributed by atoms with E-state index in [1.165, 1.54) is 0 Å². The summed E-state index contributed by atoms with van der Waals surface area (Å²) in [7, 11) is 5.31. The van der Waals surface area contributed by atoms with Crippen molar-refractivity contribution in [3.8, 4) is 11.5 Å². The van der Waals surface area contributed by atoms with Crippen molar-refractivity contribution in [3.63, 3.8) is 0 Å². The van der Waals surface area contributed by atoms with Crippen LogP contribution in [-0.2, 0) is 11.3 Å². The molecule has 8 nitrogen and oxygen atoms in total. The fourth-order valence-electron chi connectivity index (χ4n) is 4.59. The second-order valence-corrected chi connectivity index (χ2v) is 8.83. The van der Waals surface area contributed by atoms with Gasteiger partial charge in [-0.3, -0.25) is 14.8 Å². The molecule has 32 heavy (non-hydrogen) atoms. The Bertz CT molecular complexity index is 728. The molecule has 0 saturated carbocycles. The summed E-state index contributed by atoms with van der Waals surface area (Å²) in [5.41, 5.74) is 1.16. The Morgan fingerprint density at radius 2 is 1.78 bits per heavy atom. The summed E-state index contributed by atoms with van der Waals surface area (Å²) in [5, 5.41) is 3.65. The number of rotatable bonds is 8. The molecule has 2 aliphatic rings. The second kappa shape index (κ2) is 12.3. The summed E-state index contributed by atoms with van der Waals surface area (Å²) in [6.45, 7) is 13.9. The molecule has 0 radical (unpaired) electrons. The minimum atomic E-state index is 0.484. The van der Waals surface area contributed by atoms with E-state index in [0.29, 0.717) is 12.0 Å². The van der Waals surface area contributed by atoms with Gasteiger partial charge in [0.2, 0.25) is 0 Å². The molecular formula is C24H41N5O3. The largest absolute Gasteiger partial charge is 0.497 e. The number of morpholine rings is 1. The van der Waals surface area contributed by atoms with Crippen molar-refractivity contribution in [1.82, 2.24) is 20.0 Å². The van der Waals surface area contributed by atoms with Crippen LogP contribution in [0.4, 0.5) is 0 Å². The molecule has 2 saturated heterocycles. The number of nitrogens with one attached hydrogen (secondary N) is 1. The smallest absolute Gasteiger partial charge is 0.193 e. The van der Waals surface area contributed by atoms with Crippen LogP contribution in [0.15, 0.2) is 23.2 Å². The summed E-state index contributed by atoms with van der Waals surface area (Å²) in [5.74, 6) is 3.36. The van der Waals surface area contributed by atoms with Crippen LogP contribution >= 0.6 is 0 Å². The Kier molecular flexibility index (Phi) is 9.44. The Hall–Kier alpha value is -2.03. The van der Waals surface area contributed by atoms with Crippen molar-refractivity contribution in [2.75, 3.05) is 80.3 Å². The molecule has 2 fully saturated rings. The lowest BCUT2D eigenvalue weighted by molar-refractivity contribution is 0.00734. The zero-order chi connectivity index (χ0) is 22.9. The molecule has 1 atom stereocenters. The molecule has 0 amide bonds. The van der Waals surface area contributed by atoms with Crippen molar-refractivity contribution in [1.29, 1.82) is 0 Å².